The van der Waals surface area contributed by atoms with Gasteiger partial charge < -0.3 is 0 Å². The zero-order chi connectivity index (χ0) is 14.9. The number of rotatable bonds is 2. The van der Waals surface area contributed by atoms with Crippen molar-refractivity contribution in [3.8, 4) is 6.07 Å². The van der Waals surface area contributed by atoms with Crippen LogP contribution >= 0.6 is 11.6 Å². The number of halogens is 2. The minimum Gasteiger partial charge on any atom is -0.207 e. The molecule has 0 radical (unpaired) electrons. The first kappa shape index (κ1) is 14.1. The van der Waals surface area contributed by atoms with Crippen LogP contribution in [0.25, 0.3) is 0 Å². The van der Waals surface area contributed by atoms with Crippen LogP contribution in [0.15, 0.2) is 42.5 Å². The Hall–Kier alpha value is -1.85. The Labute approximate surface area is 129 Å². The first-order chi connectivity index (χ1) is 10.1. The highest BCUT2D eigenvalue weighted by Gasteiger charge is 2.37. The van der Waals surface area contributed by atoms with Crippen LogP contribution in [-0.2, 0) is 18.3 Å². The number of fused-ring (bicyclic) bond motifs is 1. The molecule has 21 heavy (non-hydrogen) atoms. The average molecular weight is 300 g/mol. The second-order valence-electron chi connectivity index (χ2n) is 5.62. The molecule has 0 saturated carbocycles. The van der Waals surface area contributed by atoms with Gasteiger partial charge in [-0.25, -0.2) is 4.39 Å². The lowest BCUT2D eigenvalue weighted by Crippen LogP contribution is -2.31. The van der Waals surface area contributed by atoms with Crippen molar-refractivity contribution in [1.29, 1.82) is 5.26 Å². The molecule has 3 heteroatoms. The third-order valence-electron chi connectivity index (χ3n) is 4.30. The largest absolute Gasteiger partial charge is 0.207 e. The van der Waals surface area contributed by atoms with Gasteiger partial charge in [0.1, 0.15) is 5.82 Å². The van der Waals surface area contributed by atoms with E-state index < -0.39 is 5.41 Å². The van der Waals surface area contributed by atoms with Crippen molar-refractivity contribution in [3.05, 3.63) is 70.0 Å². The standard InChI is InChI=1S/C18H15ClFN/c19-17-10-15(20)8-7-14(17)11-18(12-21)9-3-5-13-4-1-2-6-16(13)18/h1-2,4,6-8,10H,3,5,9,11H2. The molecule has 0 aromatic heterocycles. The number of nitriles is 1. The van der Waals surface area contributed by atoms with Gasteiger partial charge in [0.25, 0.3) is 0 Å². The average Bonchev–Trinajstić information content (AvgIpc) is 2.50. The maximum atomic E-state index is 13.2. The minimum atomic E-state index is -0.559. The summed E-state index contributed by atoms with van der Waals surface area (Å²) < 4.78 is 13.2. The molecule has 0 amide bonds. The first-order valence-corrected chi connectivity index (χ1v) is 7.46. The van der Waals surface area contributed by atoms with Crippen LogP contribution < -0.4 is 0 Å². The molecule has 0 spiro atoms. The van der Waals surface area contributed by atoms with Crippen molar-refractivity contribution in [3.63, 3.8) is 0 Å². The Morgan fingerprint density at radius 1 is 1.24 bits per heavy atom. The molecular weight excluding hydrogens is 285 g/mol. The van der Waals surface area contributed by atoms with E-state index in [9.17, 15) is 9.65 Å². The van der Waals surface area contributed by atoms with Crippen LogP contribution in [0, 0.1) is 17.1 Å². The third-order valence-corrected chi connectivity index (χ3v) is 4.66. The van der Waals surface area contributed by atoms with Crippen molar-refractivity contribution in [2.24, 2.45) is 0 Å². The zero-order valence-corrected chi connectivity index (χ0v) is 12.3. The number of hydrogen-bond donors (Lipinski definition) is 0. The molecule has 0 fully saturated rings. The molecule has 1 unspecified atom stereocenters. The van der Waals surface area contributed by atoms with E-state index in [0.29, 0.717) is 11.4 Å². The Morgan fingerprint density at radius 3 is 2.81 bits per heavy atom. The van der Waals surface area contributed by atoms with Crippen LogP contribution in [0.2, 0.25) is 5.02 Å². The monoisotopic (exact) mass is 299 g/mol. The third kappa shape index (κ3) is 2.54. The molecule has 1 nitrogen and oxygen atoms in total. The Morgan fingerprint density at radius 2 is 2.05 bits per heavy atom. The van der Waals surface area contributed by atoms with E-state index in [4.69, 9.17) is 11.6 Å². The lowest BCUT2D eigenvalue weighted by molar-refractivity contribution is 0.450. The minimum absolute atomic E-state index is 0.348. The van der Waals surface area contributed by atoms with E-state index in [1.54, 1.807) is 6.07 Å². The molecular formula is C18H15ClFN. The topological polar surface area (TPSA) is 23.8 Å². The van der Waals surface area contributed by atoms with E-state index in [-0.39, 0.29) is 5.82 Å². The van der Waals surface area contributed by atoms with Gasteiger partial charge >= 0.3 is 0 Å². The smallest absolute Gasteiger partial charge is 0.124 e. The number of aryl methyl sites for hydroxylation is 1. The fourth-order valence-electron chi connectivity index (χ4n) is 3.25. The number of hydrogen-bond acceptors (Lipinski definition) is 1. The lowest BCUT2D eigenvalue weighted by atomic mass is 9.68. The normalized spacial score (nSPS) is 20.6. The van der Waals surface area contributed by atoms with Crippen molar-refractivity contribution in [2.75, 3.05) is 0 Å². The molecule has 2 aromatic carbocycles. The predicted molar refractivity (Wildman–Crippen MR) is 81.8 cm³/mol. The summed E-state index contributed by atoms with van der Waals surface area (Å²) in [5.41, 5.74) is 2.61. The van der Waals surface area contributed by atoms with E-state index in [1.165, 1.54) is 17.7 Å². The van der Waals surface area contributed by atoms with Gasteiger partial charge in [-0.1, -0.05) is 41.9 Å². The maximum absolute atomic E-state index is 13.2. The van der Waals surface area contributed by atoms with Crippen molar-refractivity contribution < 1.29 is 4.39 Å². The fraction of sp³-hybridized carbons (Fsp3) is 0.278. The van der Waals surface area contributed by atoms with Gasteiger partial charge in [-0.3, -0.25) is 0 Å². The summed E-state index contributed by atoms with van der Waals surface area (Å²) in [4.78, 5) is 0. The van der Waals surface area contributed by atoms with Crippen LogP contribution in [-0.4, -0.2) is 0 Å². The molecule has 106 valence electrons. The molecule has 0 bridgehead atoms. The Balaban J connectivity index is 2.05. The highest BCUT2D eigenvalue weighted by atomic mass is 35.5. The second kappa shape index (κ2) is 5.50. The van der Waals surface area contributed by atoms with E-state index in [0.717, 1.165) is 30.4 Å². The van der Waals surface area contributed by atoms with Gasteiger partial charge in [0, 0.05) is 5.02 Å². The van der Waals surface area contributed by atoms with Gasteiger partial charge in [-0.2, -0.15) is 5.26 Å². The summed E-state index contributed by atoms with van der Waals surface area (Å²) in [5, 5.41) is 10.2. The van der Waals surface area contributed by atoms with Gasteiger partial charge in [-0.15, -0.1) is 0 Å². The quantitative estimate of drug-likeness (QED) is 0.780. The summed E-state index contributed by atoms with van der Waals surface area (Å²) in [6, 6.07) is 15.0. The molecule has 0 saturated heterocycles. The molecule has 1 atom stereocenters. The van der Waals surface area contributed by atoms with E-state index in [2.05, 4.69) is 12.1 Å². The zero-order valence-electron chi connectivity index (χ0n) is 11.6. The summed E-state index contributed by atoms with van der Waals surface area (Å²) in [6.07, 6.45) is 3.34. The Bertz CT molecular complexity index is 719. The summed E-state index contributed by atoms with van der Waals surface area (Å²) >= 11 is 6.15. The van der Waals surface area contributed by atoms with Crippen LogP contribution in [0.3, 0.4) is 0 Å². The molecule has 0 N–H and O–H groups in total. The predicted octanol–water partition coefficient (Wildman–Crippen LogP) is 4.82. The lowest BCUT2D eigenvalue weighted by Gasteiger charge is -2.33. The van der Waals surface area contributed by atoms with Crippen molar-refractivity contribution in [2.45, 2.75) is 31.1 Å². The highest BCUT2D eigenvalue weighted by Crippen LogP contribution is 2.40. The molecule has 0 aliphatic heterocycles. The van der Waals surface area contributed by atoms with Gasteiger partial charge in [0.05, 0.1) is 11.5 Å². The maximum Gasteiger partial charge on any atom is 0.124 e. The molecule has 1 aliphatic carbocycles. The molecule has 0 heterocycles. The highest BCUT2D eigenvalue weighted by molar-refractivity contribution is 6.31. The van der Waals surface area contributed by atoms with Crippen LogP contribution in [0.5, 0.6) is 0 Å². The molecule has 2 aromatic rings. The van der Waals surface area contributed by atoms with Crippen LogP contribution in [0.4, 0.5) is 4.39 Å². The van der Waals surface area contributed by atoms with Gasteiger partial charge in [0.15, 0.2) is 0 Å². The van der Waals surface area contributed by atoms with E-state index >= 15 is 0 Å². The SMILES string of the molecule is N#CC1(Cc2ccc(F)cc2Cl)CCCc2ccccc21. The molecule has 1 aliphatic rings. The van der Waals surface area contributed by atoms with Crippen molar-refractivity contribution in [1.82, 2.24) is 0 Å². The summed E-state index contributed by atoms with van der Waals surface area (Å²) in [7, 11) is 0. The number of benzene rings is 2. The fourth-order valence-corrected chi connectivity index (χ4v) is 3.48. The van der Waals surface area contributed by atoms with Crippen molar-refractivity contribution >= 4 is 11.6 Å². The Kier molecular flexibility index (Phi) is 3.69. The summed E-state index contributed by atoms with van der Waals surface area (Å²) in [5.74, 6) is -0.348. The first-order valence-electron chi connectivity index (χ1n) is 7.08. The second-order valence-corrected chi connectivity index (χ2v) is 6.02. The summed E-state index contributed by atoms with van der Waals surface area (Å²) in [6.45, 7) is 0. The number of nitrogens with zero attached hydrogens (tertiary/aromatic N) is 1. The van der Waals surface area contributed by atoms with Gasteiger partial charge in [-0.05, 0) is 54.5 Å². The van der Waals surface area contributed by atoms with E-state index in [1.807, 2.05) is 18.2 Å². The van der Waals surface area contributed by atoms with Crippen LogP contribution in [0.1, 0.15) is 29.5 Å². The van der Waals surface area contributed by atoms with Gasteiger partial charge in [0.2, 0.25) is 0 Å². The molecule has 3 rings (SSSR count).